The summed E-state index contributed by atoms with van der Waals surface area (Å²) in [6, 6.07) is 20.2. The molecule has 1 saturated heterocycles. The van der Waals surface area contributed by atoms with E-state index in [0.29, 0.717) is 18.8 Å². The highest BCUT2D eigenvalue weighted by atomic mass is 16.2. The van der Waals surface area contributed by atoms with Crippen molar-refractivity contribution < 1.29 is 14.4 Å². The van der Waals surface area contributed by atoms with Gasteiger partial charge in [0.25, 0.3) is 11.8 Å². The summed E-state index contributed by atoms with van der Waals surface area (Å²) in [5.74, 6) is -0.696. The van der Waals surface area contributed by atoms with Crippen LogP contribution in [0.4, 0.5) is 4.79 Å². The van der Waals surface area contributed by atoms with Crippen molar-refractivity contribution in [3.05, 3.63) is 83.7 Å². The molecule has 3 aromatic rings. The maximum atomic E-state index is 13.2. The Balaban J connectivity index is 1.34. The lowest BCUT2D eigenvalue weighted by Crippen LogP contribution is -2.49. The van der Waals surface area contributed by atoms with Crippen molar-refractivity contribution in [1.29, 1.82) is 0 Å². The standard InChI is InChI=1S/C25H25N5O3/c1-25(15-14-17-8-4-2-5-9-17)23(32)30(24(33)26-25)28-22(31)21-16-20(18-12-13-18)27-29(21)19-10-6-3-7-11-19/h2-11,16,18H,12-15H2,1H3,(H,26,33)(H,28,31). The van der Waals surface area contributed by atoms with Gasteiger partial charge in [-0.25, -0.2) is 9.48 Å². The summed E-state index contributed by atoms with van der Waals surface area (Å²) in [5, 5.41) is 8.14. The van der Waals surface area contributed by atoms with Gasteiger partial charge >= 0.3 is 6.03 Å². The molecule has 1 aliphatic heterocycles. The highest BCUT2D eigenvalue weighted by Crippen LogP contribution is 2.39. The number of urea groups is 1. The number of carbonyl (C=O) groups is 3. The van der Waals surface area contributed by atoms with E-state index in [1.807, 2.05) is 60.7 Å². The smallest absolute Gasteiger partial charge is 0.322 e. The molecule has 1 unspecified atom stereocenters. The fourth-order valence-corrected chi connectivity index (χ4v) is 4.06. The Bertz CT molecular complexity index is 1200. The topological polar surface area (TPSA) is 96.3 Å². The second kappa shape index (κ2) is 8.20. The molecule has 0 radical (unpaired) electrons. The first kappa shape index (κ1) is 20.9. The number of nitrogens with one attached hydrogen (secondary N) is 2. The molecule has 1 atom stereocenters. The highest BCUT2D eigenvalue weighted by molar-refractivity contribution is 6.08. The lowest BCUT2D eigenvalue weighted by molar-refractivity contribution is -0.132. The summed E-state index contributed by atoms with van der Waals surface area (Å²) in [6.07, 6.45) is 3.12. The van der Waals surface area contributed by atoms with Gasteiger partial charge in [0.1, 0.15) is 11.2 Å². The van der Waals surface area contributed by atoms with Crippen molar-refractivity contribution in [3.8, 4) is 5.69 Å². The van der Waals surface area contributed by atoms with E-state index in [1.165, 1.54) is 0 Å². The van der Waals surface area contributed by atoms with Gasteiger partial charge in [0.15, 0.2) is 0 Å². The fraction of sp³-hybridized carbons (Fsp3) is 0.280. The molecule has 1 aromatic heterocycles. The number of hydrogen-bond acceptors (Lipinski definition) is 4. The minimum atomic E-state index is -1.10. The number of para-hydroxylation sites is 1. The Morgan fingerprint density at radius 3 is 2.42 bits per heavy atom. The Hall–Kier alpha value is -3.94. The number of imide groups is 1. The van der Waals surface area contributed by atoms with Crippen LogP contribution in [-0.4, -0.2) is 38.2 Å². The van der Waals surface area contributed by atoms with E-state index in [4.69, 9.17) is 0 Å². The molecule has 168 valence electrons. The average Bonchev–Trinajstić information content (AvgIpc) is 3.55. The van der Waals surface area contributed by atoms with Gasteiger partial charge in [0.05, 0.1) is 11.4 Å². The molecule has 4 amide bonds. The van der Waals surface area contributed by atoms with Crippen LogP contribution in [-0.2, 0) is 11.2 Å². The summed E-state index contributed by atoms with van der Waals surface area (Å²) < 4.78 is 1.57. The number of nitrogens with zero attached hydrogens (tertiary/aromatic N) is 3. The van der Waals surface area contributed by atoms with Gasteiger partial charge in [-0.05, 0) is 56.4 Å². The van der Waals surface area contributed by atoms with Crippen molar-refractivity contribution >= 4 is 17.8 Å². The molecule has 2 heterocycles. The summed E-state index contributed by atoms with van der Waals surface area (Å²) in [6.45, 7) is 1.68. The van der Waals surface area contributed by atoms with Gasteiger partial charge < -0.3 is 5.32 Å². The Morgan fingerprint density at radius 1 is 1.09 bits per heavy atom. The summed E-state index contributed by atoms with van der Waals surface area (Å²) in [4.78, 5) is 38.9. The SMILES string of the molecule is CC1(CCc2ccccc2)NC(=O)N(NC(=O)c2cc(C3CC3)nn2-c2ccccc2)C1=O. The van der Waals surface area contributed by atoms with E-state index >= 15 is 0 Å². The van der Waals surface area contributed by atoms with Crippen LogP contribution in [0.25, 0.3) is 5.69 Å². The second-order valence-electron chi connectivity index (χ2n) is 8.81. The van der Waals surface area contributed by atoms with E-state index in [2.05, 4.69) is 15.8 Å². The van der Waals surface area contributed by atoms with Gasteiger partial charge in [-0.1, -0.05) is 48.5 Å². The molecule has 2 aromatic carbocycles. The first-order valence-electron chi connectivity index (χ1n) is 11.1. The molecule has 0 spiro atoms. The summed E-state index contributed by atoms with van der Waals surface area (Å²) in [5.41, 5.74) is 4.33. The van der Waals surface area contributed by atoms with Crippen molar-refractivity contribution in [1.82, 2.24) is 25.5 Å². The largest absolute Gasteiger partial charge is 0.344 e. The van der Waals surface area contributed by atoms with Crippen molar-refractivity contribution in [3.63, 3.8) is 0 Å². The molecule has 1 saturated carbocycles. The number of amides is 4. The van der Waals surface area contributed by atoms with Gasteiger partial charge in [0, 0.05) is 5.92 Å². The Kier molecular flexibility index (Phi) is 5.20. The van der Waals surface area contributed by atoms with Crippen molar-refractivity contribution in [2.75, 3.05) is 0 Å². The monoisotopic (exact) mass is 443 g/mol. The Morgan fingerprint density at radius 2 is 1.76 bits per heavy atom. The lowest BCUT2D eigenvalue weighted by atomic mass is 9.93. The normalized spacial score (nSPS) is 20.1. The second-order valence-corrected chi connectivity index (χ2v) is 8.81. The predicted molar refractivity (Wildman–Crippen MR) is 122 cm³/mol. The number of aryl methyl sites for hydroxylation is 1. The third-order valence-electron chi connectivity index (χ3n) is 6.19. The van der Waals surface area contributed by atoms with Crippen molar-refractivity contribution in [2.45, 2.75) is 44.1 Å². The zero-order chi connectivity index (χ0) is 23.0. The number of benzene rings is 2. The van der Waals surface area contributed by atoms with Crippen LogP contribution in [0.5, 0.6) is 0 Å². The van der Waals surface area contributed by atoms with E-state index in [0.717, 1.165) is 34.8 Å². The number of hydrazine groups is 1. The molecule has 8 nitrogen and oxygen atoms in total. The molecular weight excluding hydrogens is 418 g/mol. The van der Waals surface area contributed by atoms with Gasteiger partial charge in [-0.15, -0.1) is 0 Å². The third kappa shape index (κ3) is 4.11. The average molecular weight is 444 g/mol. The molecular formula is C25H25N5O3. The molecule has 0 bridgehead atoms. The molecule has 2 N–H and O–H groups in total. The van der Waals surface area contributed by atoms with Crippen LogP contribution < -0.4 is 10.7 Å². The van der Waals surface area contributed by atoms with E-state index in [-0.39, 0.29) is 5.69 Å². The first-order valence-corrected chi connectivity index (χ1v) is 11.1. The highest BCUT2D eigenvalue weighted by Gasteiger charge is 2.48. The van der Waals surface area contributed by atoms with Crippen LogP contribution in [0.2, 0.25) is 0 Å². The van der Waals surface area contributed by atoms with Crippen LogP contribution >= 0.6 is 0 Å². The van der Waals surface area contributed by atoms with E-state index in [9.17, 15) is 14.4 Å². The minimum absolute atomic E-state index is 0.279. The van der Waals surface area contributed by atoms with Crippen molar-refractivity contribution in [2.24, 2.45) is 0 Å². The van der Waals surface area contributed by atoms with Crippen LogP contribution in [0.3, 0.4) is 0 Å². The number of hydrogen-bond donors (Lipinski definition) is 2. The fourth-order valence-electron chi connectivity index (χ4n) is 4.06. The van der Waals surface area contributed by atoms with Gasteiger partial charge in [0.2, 0.25) is 0 Å². The predicted octanol–water partition coefficient (Wildman–Crippen LogP) is 3.34. The minimum Gasteiger partial charge on any atom is -0.322 e. The molecule has 2 aliphatic rings. The van der Waals surface area contributed by atoms with Crippen LogP contribution in [0.1, 0.15) is 53.8 Å². The zero-order valence-corrected chi connectivity index (χ0v) is 18.3. The summed E-state index contributed by atoms with van der Waals surface area (Å²) >= 11 is 0. The molecule has 33 heavy (non-hydrogen) atoms. The molecule has 2 fully saturated rings. The maximum Gasteiger partial charge on any atom is 0.344 e. The zero-order valence-electron chi connectivity index (χ0n) is 18.3. The third-order valence-corrected chi connectivity index (χ3v) is 6.19. The van der Waals surface area contributed by atoms with Crippen LogP contribution in [0, 0.1) is 0 Å². The number of aromatic nitrogens is 2. The number of carbonyl (C=O) groups excluding carboxylic acids is 3. The maximum absolute atomic E-state index is 13.2. The molecule has 8 heteroatoms. The number of rotatable bonds is 7. The molecule has 1 aliphatic carbocycles. The van der Waals surface area contributed by atoms with Gasteiger partial charge in [-0.3, -0.25) is 15.0 Å². The summed E-state index contributed by atoms with van der Waals surface area (Å²) in [7, 11) is 0. The first-order chi connectivity index (χ1) is 15.9. The van der Waals surface area contributed by atoms with E-state index < -0.39 is 23.4 Å². The Labute approximate surface area is 191 Å². The molecule has 5 rings (SSSR count). The van der Waals surface area contributed by atoms with Crippen LogP contribution in [0.15, 0.2) is 66.7 Å². The quantitative estimate of drug-likeness (QED) is 0.548. The van der Waals surface area contributed by atoms with Gasteiger partial charge in [-0.2, -0.15) is 10.1 Å². The van der Waals surface area contributed by atoms with E-state index in [1.54, 1.807) is 17.7 Å². The lowest BCUT2D eigenvalue weighted by Gasteiger charge is -2.21.